The molecule has 1 unspecified atom stereocenters. The Balaban J connectivity index is 2.34. The number of halogens is 2. The second-order valence-corrected chi connectivity index (χ2v) is 4.28. The number of rotatable bonds is 8. The van der Waals surface area contributed by atoms with Crippen LogP contribution in [0.5, 0.6) is 0 Å². The van der Waals surface area contributed by atoms with E-state index in [9.17, 15) is 8.78 Å². The van der Waals surface area contributed by atoms with E-state index < -0.39 is 11.6 Å². The molecule has 0 aliphatic rings. The van der Waals surface area contributed by atoms with Crippen molar-refractivity contribution in [3.63, 3.8) is 0 Å². The Labute approximate surface area is 107 Å². The van der Waals surface area contributed by atoms with Gasteiger partial charge in [-0.2, -0.15) is 0 Å². The first-order chi connectivity index (χ1) is 8.66. The van der Waals surface area contributed by atoms with E-state index >= 15 is 0 Å². The highest BCUT2D eigenvalue weighted by molar-refractivity contribution is 5.22. The first kappa shape index (κ1) is 15.1. The molecule has 0 heterocycles. The first-order valence-electron chi connectivity index (χ1n) is 6.41. The Morgan fingerprint density at radius 2 is 1.89 bits per heavy atom. The lowest BCUT2D eigenvalue weighted by atomic mass is 10.1. The average molecular weight is 257 g/mol. The van der Waals surface area contributed by atoms with Gasteiger partial charge >= 0.3 is 0 Å². The van der Waals surface area contributed by atoms with Crippen molar-refractivity contribution < 1.29 is 13.5 Å². The molecule has 0 fully saturated rings. The van der Waals surface area contributed by atoms with Crippen molar-refractivity contribution in [1.29, 1.82) is 0 Å². The maximum absolute atomic E-state index is 13.5. The van der Waals surface area contributed by atoms with E-state index in [2.05, 4.69) is 12.2 Å². The number of benzene rings is 1. The molecule has 102 valence electrons. The van der Waals surface area contributed by atoms with Crippen LogP contribution in [0.25, 0.3) is 0 Å². The molecular formula is C14H21F2NO. The minimum atomic E-state index is -0.503. The zero-order valence-corrected chi connectivity index (χ0v) is 11.0. The van der Waals surface area contributed by atoms with Crippen LogP contribution < -0.4 is 5.32 Å². The molecule has 0 saturated heterocycles. The second-order valence-electron chi connectivity index (χ2n) is 4.28. The Kier molecular flexibility index (Phi) is 6.83. The summed E-state index contributed by atoms with van der Waals surface area (Å²) in [6, 6.07) is 3.60. The van der Waals surface area contributed by atoms with Crippen LogP contribution in [0, 0.1) is 11.6 Å². The van der Waals surface area contributed by atoms with Crippen LogP contribution in [0.4, 0.5) is 8.78 Å². The van der Waals surface area contributed by atoms with Gasteiger partial charge in [-0.05, 0) is 38.4 Å². The van der Waals surface area contributed by atoms with Crippen LogP contribution in [-0.4, -0.2) is 19.8 Å². The van der Waals surface area contributed by atoms with E-state index in [1.54, 1.807) is 6.92 Å². The van der Waals surface area contributed by atoms with E-state index in [4.69, 9.17) is 4.74 Å². The highest BCUT2D eigenvalue weighted by Crippen LogP contribution is 2.19. The Hall–Kier alpha value is -1.00. The SMILES string of the molecule is CCCOCCCNC(C)c1c(F)cccc1F. The lowest BCUT2D eigenvalue weighted by Gasteiger charge is -2.15. The average Bonchev–Trinajstić information content (AvgIpc) is 2.33. The predicted octanol–water partition coefficient (Wildman–Crippen LogP) is 3.43. The van der Waals surface area contributed by atoms with Crippen molar-refractivity contribution in [1.82, 2.24) is 5.32 Å². The maximum Gasteiger partial charge on any atom is 0.130 e. The van der Waals surface area contributed by atoms with E-state index in [1.165, 1.54) is 18.2 Å². The molecule has 0 spiro atoms. The summed E-state index contributed by atoms with van der Waals surface area (Å²) in [5.41, 5.74) is 0.104. The molecule has 18 heavy (non-hydrogen) atoms. The molecule has 2 nitrogen and oxygen atoms in total. The largest absolute Gasteiger partial charge is 0.381 e. The van der Waals surface area contributed by atoms with Gasteiger partial charge in [-0.15, -0.1) is 0 Å². The monoisotopic (exact) mass is 257 g/mol. The van der Waals surface area contributed by atoms with Crippen molar-refractivity contribution in [3.05, 3.63) is 35.4 Å². The minimum Gasteiger partial charge on any atom is -0.381 e. The smallest absolute Gasteiger partial charge is 0.130 e. The lowest BCUT2D eigenvalue weighted by Crippen LogP contribution is -2.22. The van der Waals surface area contributed by atoms with Crippen LogP contribution >= 0.6 is 0 Å². The molecule has 0 aromatic heterocycles. The first-order valence-corrected chi connectivity index (χ1v) is 6.41. The third-order valence-corrected chi connectivity index (χ3v) is 2.70. The van der Waals surface area contributed by atoms with Gasteiger partial charge in [0.2, 0.25) is 0 Å². The highest BCUT2D eigenvalue weighted by atomic mass is 19.1. The van der Waals surface area contributed by atoms with Crippen molar-refractivity contribution in [3.8, 4) is 0 Å². The van der Waals surface area contributed by atoms with E-state index in [-0.39, 0.29) is 11.6 Å². The number of hydrogen-bond donors (Lipinski definition) is 1. The zero-order valence-electron chi connectivity index (χ0n) is 11.0. The molecule has 0 aliphatic heterocycles. The van der Waals surface area contributed by atoms with Gasteiger partial charge < -0.3 is 10.1 Å². The molecule has 1 aromatic rings. The fraction of sp³-hybridized carbons (Fsp3) is 0.571. The third kappa shape index (κ3) is 4.70. The summed E-state index contributed by atoms with van der Waals surface area (Å²) in [5.74, 6) is -1.01. The standard InChI is InChI=1S/C14H21F2NO/c1-3-9-18-10-5-8-17-11(2)14-12(15)6-4-7-13(14)16/h4,6-7,11,17H,3,5,8-10H2,1-2H3. The summed E-state index contributed by atoms with van der Waals surface area (Å²) in [4.78, 5) is 0. The summed E-state index contributed by atoms with van der Waals surface area (Å²) in [6.07, 6.45) is 1.84. The summed E-state index contributed by atoms with van der Waals surface area (Å²) in [7, 11) is 0. The van der Waals surface area contributed by atoms with Gasteiger partial charge in [0.05, 0.1) is 0 Å². The summed E-state index contributed by atoms with van der Waals surface area (Å²) >= 11 is 0. The van der Waals surface area contributed by atoms with E-state index in [1.807, 2.05) is 0 Å². The molecule has 0 amide bonds. The van der Waals surface area contributed by atoms with Crippen LogP contribution in [-0.2, 0) is 4.74 Å². The van der Waals surface area contributed by atoms with Gasteiger partial charge in [-0.25, -0.2) is 8.78 Å². The quantitative estimate of drug-likeness (QED) is 0.720. The van der Waals surface area contributed by atoms with Gasteiger partial charge in [0.15, 0.2) is 0 Å². The number of nitrogens with one attached hydrogen (secondary N) is 1. The van der Waals surface area contributed by atoms with Gasteiger partial charge in [0.25, 0.3) is 0 Å². The number of hydrogen-bond acceptors (Lipinski definition) is 2. The Morgan fingerprint density at radius 1 is 1.22 bits per heavy atom. The van der Waals surface area contributed by atoms with E-state index in [0.717, 1.165) is 19.4 Å². The fourth-order valence-corrected chi connectivity index (χ4v) is 1.77. The second kappa shape index (κ2) is 8.16. The predicted molar refractivity (Wildman–Crippen MR) is 68.5 cm³/mol. The van der Waals surface area contributed by atoms with Gasteiger partial charge in [-0.1, -0.05) is 13.0 Å². The van der Waals surface area contributed by atoms with Gasteiger partial charge in [0, 0.05) is 24.8 Å². The number of ether oxygens (including phenoxy) is 1. The van der Waals surface area contributed by atoms with Crippen LogP contribution in [0.2, 0.25) is 0 Å². The van der Waals surface area contributed by atoms with Crippen LogP contribution in [0.3, 0.4) is 0 Å². The highest BCUT2D eigenvalue weighted by Gasteiger charge is 2.14. The van der Waals surface area contributed by atoms with E-state index in [0.29, 0.717) is 13.2 Å². The lowest BCUT2D eigenvalue weighted by molar-refractivity contribution is 0.131. The molecule has 1 rings (SSSR count). The minimum absolute atomic E-state index is 0.104. The molecule has 1 atom stereocenters. The Bertz CT molecular complexity index is 337. The Morgan fingerprint density at radius 3 is 2.50 bits per heavy atom. The van der Waals surface area contributed by atoms with Crippen LogP contribution in [0.1, 0.15) is 38.3 Å². The van der Waals surface area contributed by atoms with Crippen molar-refractivity contribution in [2.45, 2.75) is 32.7 Å². The van der Waals surface area contributed by atoms with Crippen LogP contribution in [0.15, 0.2) is 18.2 Å². The molecule has 0 radical (unpaired) electrons. The molecule has 0 aliphatic carbocycles. The molecular weight excluding hydrogens is 236 g/mol. The summed E-state index contributed by atoms with van der Waals surface area (Å²) in [5, 5.41) is 3.10. The summed E-state index contributed by atoms with van der Waals surface area (Å²) < 4.78 is 32.3. The third-order valence-electron chi connectivity index (χ3n) is 2.70. The van der Waals surface area contributed by atoms with Crippen molar-refractivity contribution in [2.24, 2.45) is 0 Å². The maximum atomic E-state index is 13.5. The fourth-order valence-electron chi connectivity index (χ4n) is 1.77. The van der Waals surface area contributed by atoms with Crippen molar-refractivity contribution >= 4 is 0 Å². The molecule has 4 heteroatoms. The van der Waals surface area contributed by atoms with Crippen molar-refractivity contribution in [2.75, 3.05) is 19.8 Å². The molecule has 0 bridgehead atoms. The molecule has 0 saturated carbocycles. The zero-order chi connectivity index (χ0) is 13.4. The molecule has 1 N–H and O–H groups in total. The topological polar surface area (TPSA) is 21.3 Å². The molecule has 1 aromatic carbocycles. The van der Waals surface area contributed by atoms with Gasteiger partial charge in [0.1, 0.15) is 11.6 Å². The summed E-state index contributed by atoms with van der Waals surface area (Å²) in [6.45, 7) is 5.93. The van der Waals surface area contributed by atoms with Gasteiger partial charge in [-0.3, -0.25) is 0 Å². The normalized spacial score (nSPS) is 12.7.